The van der Waals surface area contributed by atoms with Gasteiger partial charge in [-0.15, -0.1) is 11.3 Å². The highest BCUT2D eigenvalue weighted by molar-refractivity contribution is 7.09. The minimum Gasteiger partial charge on any atom is -0.466 e. The Bertz CT molecular complexity index is 309. The maximum absolute atomic E-state index is 11.1. The van der Waals surface area contributed by atoms with E-state index >= 15 is 0 Å². The van der Waals surface area contributed by atoms with Crippen LogP contribution in [0.5, 0.6) is 0 Å². The van der Waals surface area contributed by atoms with Gasteiger partial charge in [0.15, 0.2) is 0 Å². The second kappa shape index (κ2) is 10.1. The molecule has 0 N–H and O–H groups in total. The summed E-state index contributed by atoms with van der Waals surface area (Å²) >= 11 is 1.77. The van der Waals surface area contributed by atoms with Crippen LogP contribution >= 0.6 is 11.3 Å². The number of rotatable bonds is 10. The molecule has 1 aromatic rings. The standard InChI is InChI=1S/C14H22O3S/c1-2-17-14(15)8-4-3-5-10-16-11-9-13-7-6-12-18-13/h6-7,12H,2-5,8-11H2,1H3. The summed E-state index contributed by atoms with van der Waals surface area (Å²) in [5, 5.41) is 2.09. The summed E-state index contributed by atoms with van der Waals surface area (Å²) in [4.78, 5) is 12.4. The van der Waals surface area contributed by atoms with Gasteiger partial charge in [-0.1, -0.05) is 12.5 Å². The fourth-order valence-electron chi connectivity index (χ4n) is 1.61. The molecule has 3 nitrogen and oxygen atoms in total. The SMILES string of the molecule is CCOC(=O)CCCCCOCCc1cccs1. The number of carbonyl (C=O) groups is 1. The van der Waals surface area contributed by atoms with Crippen LogP contribution in [0.3, 0.4) is 0 Å². The molecule has 18 heavy (non-hydrogen) atoms. The maximum Gasteiger partial charge on any atom is 0.305 e. The number of hydrogen-bond acceptors (Lipinski definition) is 4. The zero-order valence-corrected chi connectivity index (χ0v) is 11.8. The zero-order valence-electron chi connectivity index (χ0n) is 11.0. The van der Waals surface area contributed by atoms with Crippen LogP contribution in [0, 0.1) is 0 Å². The molecule has 0 unspecified atom stereocenters. The molecule has 0 aliphatic rings. The molecule has 0 atom stereocenters. The van der Waals surface area contributed by atoms with Crippen molar-refractivity contribution in [3.8, 4) is 0 Å². The fraction of sp³-hybridized carbons (Fsp3) is 0.643. The molecule has 0 aliphatic carbocycles. The zero-order chi connectivity index (χ0) is 13.1. The molecule has 1 aromatic heterocycles. The van der Waals surface area contributed by atoms with Gasteiger partial charge in [0.25, 0.3) is 0 Å². The van der Waals surface area contributed by atoms with Crippen molar-refractivity contribution >= 4 is 17.3 Å². The number of esters is 1. The van der Waals surface area contributed by atoms with Crippen LogP contribution < -0.4 is 0 Å². The van der Waals surface area contributed by atoms with Gasteiger partial charge in [0.2, 0.25) is 0 Å². The first-order valence-corrected chi connectivity index (χ1v) is 7.46. The number of carbonyl (C=O) groups excluding carboxylic acids is 1. The van der Waals surface area contributed by atoms with E-state index in [0.29, 0.717) is 13.0 Å². The van der Waals surface area contributed by atoms with Gasteiger partial charge in [-0.25, -0.2) is 0 Å². The highest BCUT2D eigenvalue weighted by Gasteiger charge is 2.00. The van der Waals surface area contributed by atoms with Crippen molar-refractivity contribution in [3.05, 3.63) is 22.4 Å². The van der Waals surface area contributed by atoms with Crippen LogP contribution in [0.15, 0.2) is 17.5 Å². The van der Waals surface area contributed by atoms with Gasteiger partial charge in [-0.2, -0.15) is 0 Å². The third-order valence-corrected chi connectivity index (χ3v) is 3.48. The van der Waals surface area contributed by atoms with Crippen LogP contribution in [0.1, 0.15) is 37.5 Å². The van der Waals surface area contributed by atoms with Crippen molar-refractivity contribution < 1.29 is 14.3 Å². The highest BCUT2D eigenvalue weighted by atomic mass is 32.1. The van der Waals surface area contributed by atoms with Crippen molar-refractivity contribution in [2.45, 2.75) is 39.0 Å². The number of unbranched alkanes of at least 4 members (excludes halogenated alkanes) is 2. The second-order valence-electron chi connectivity index (χ2n) is 4.06. The highest BCUT2D eigenvalue weighted by Crippen LogP contribution is 2.09. The monoisotopic (exact) mass is 270 g/mol. The van der Waals surface area contributed by atoms with Crippen LogP contribution in [-0.4, -0.2) is 25.8 Å². The van der Waals surface area contributed by atoms with Crippen LogP contribution in [-0.2, 0) is 20.7 Å². The average Bonchev–Trinajstić information content (AvgIpc) is 2.86. The van der Waals surface area contributed by atoms with Crippen molar-refractivity contribution in [3.63, 3.8) is 0 Å². The molecule has 0 amide bonds. The van der Waals surface area contributed by atoms with E-state index in [9.17, 15) is 4.79 Å². The number of hydrogen-bond donors (Lipinski definition) is 0. The summed E-state index contributed by atoms with van der Waals surface area (Å²) < 4.78 is 10.4. The van der Waals surface area contributed by atoms with Crippen molar-refractivity contribution in [1.29, 1.82) is 0 Å². The van der Waals surface area contributed by atoms with Gasteiger partial charge in [0, 0.05) is 24.3 Å². The Morgan fingerprint density at radius 1 is 1.28 bits per heavy atom. The van der Waals surface area contributed by atoms with E-state index in [1.165, 1.54) is 4.88 Å². The smallest absolute Gasteiger partial charge is 0.305 e. The van der Waals surface area contributed by atoms with Crippen molar-refractivity contribution in [1.82, 2.24) is 0 Å². The third kappa shape index (κ3) is 7.45. The molecule has 1 heterocycles. The van der Waals surface area contributed by atoms with Crippen LogP contribution in [0.4, 0.5) is 0 Å². The van der Waals surface area contributed by atoms with E-state index in [2.05, 4.69) is 17.5 Å². The molecule has 0 spiro atoms. The summed E-state index contributed by atoms with van der Waals surface area (Å²) in [5.74, 6) is -0.0869. The Kier molecular flexibility index (Phi) is 8.51. The minimum atomic E-state index is -0.0869. The summed E-state index contributed by atoms with van der Waals surface area (Å²) in [6.45, 7) is 3.89. The lowest BCUT2D eigenvalue weighted by molar-refractivity contribution is -0.143. The van der Waals surface area contributed by atoms with E-state index in [0.717, 1.165) is 38.9 Å². The van der Waals surface area contributed by atoms with E-state index in [4.69, 9.17) is 9.47 Å². The van der Waals surface area contributed by atoms with E-state index in [1.54, 1.807) is 11.3 Å². The predicted molar refractivity (Wildman–Crippen MR) is 73.9 cm³/mol. The van der Waals surface area contributed by atoms with Gasteiger partial charge in [-0.05, 0) is 31.2 Å². The summed E-state index contributed by atoms with van der Waals surface area (Å²) in [6, 6.07) is 4.20. The van der Waals surface area contributed by atoms with Gasteiger partial charge >= 0.3 is 5.97 Å². The topological polar surface area (TPSA) is 35.5 Å². The maximum atomic E-state index is 11.1. The third-order valence-electron chi connectivity index (χ3n) is 2.55. The van der Waals surface area contributed by atoms with Crippen LogP contribution in [0.25, 0.3) is 0 Å². The summed E-state index contributed by atoms with van der Waals surface area (Å²) in [6.07, 6.45) is 4.47. The first-order chi connectivity index (χ1) is 8.83. The molecular weight excluding hydrogens is 248 g/mol. The fourth-order valence-corrected chi connectivity index (χ4v) is 2.30. The Morgan fingerprint density at radius 3 is 2.89 bits per heavy atom. The summed E-state index contributed by atoms with van der Waals surface area (Å²) in [5.41, 5.74) is 0. The largest absolute Gasteiger partial charge is 0.466 e. The number of thiophene rings is 1. The molecule has 0 radical (unpaired) electrons. The van der Waals surface area contributed by atoms with E-state index < -0.39 is 0 Å². The lowest BCUT2D eigenvalue weighted by Crippen LogP contribution is -2.04. The molecule has 0 aliphatic heterocycles. The second-order valence-corrected chi connectivity index (χ2v) is 5.09. The Labute approximate surface area is 113 Å². The molecule has 0 bridgehead atoms. The quantitative estimate of drug-likeness (QED) is 0.482. The van der Waals surface area contributed by atoms with Gasteiger partial charge in [0.1, 0.15) is 0 Å². The number of ether oxygens (including phenoxy) is 2. The lowest BCUT2D eigenvalue weighted by Gasteiger charge is -2.03. The summed E-state index contributed by atoms with van der Waals surface area (Å²) in [7, 11) is 0. The minimum absolute atomic E-state index is 0.0869. The van der Waals surface area contributed by atoms with E-state index in [-0.39, 0.29) is 5.97 Å². The molecule has 0 fully saturated rings. The van der Waals surface area contributed by atoms with Gasteiger partial charge in [-0.3, -0.25) is 4.79 Å². The molecule has 0 saturated carbocycles. The molecule has 4 heteroatoms. The first-order valence-electron chi connectivity index (χ1n) is 6.58. The van der Waals surface area contributed by atoms with Gasteiger partial charge in [0.05, 0.1) is 13.2 Å². The first kappa shape index (κ1) is 15.2. The Balaban J connectivity index is 1.83. The van der Waals surface area contributed by atoms with Crippen molar-refractivity contribution in [2.24, 2.45) is 0 Å². The van der Waals surface area contributed by atoms with Crippen LogP contribution in [0.2, 0.25) is 0 Å². The lowest BCUT2D eigenvalue weighted by atomic mass is 10.2. The van der Waals surface area contributed by atoms with E-state index in [1.807, 2.05) is 6.92 Å². The predicted octanol–water partition coefficient (Wildman–Crippen LogP) is 3.43. The van der Waals surface area contributed by atoms with Crippen molar-refractivity contribution in [2.75, 3.05) is 19.8 Å². The molecule has 102 valence electrons. The van der Waals surface area contributed by atoms with Gasteiger partial charge < -0.3 is 9.47 Å². The Morgan fingerprint density at radius 2 is 2.17 bits per heavy atom. The Hall–Kier alpha value is -0.870. The molecule has 0 saturated heterocycles. The molecule has 1 rings (SSSR count). The molecular formula is C14H22O3S. The molecule has 0 aromatic carbocycles. The average molecular weight is 270 g/mol. The normalized spacial score (nSPS) is 10.5.